The van der Waals surface area contributed by atoms with Gasteiger partial charge in [0.1, 0.15) is 0 Å². The monoisotopic (exact) mass is 886 g/mol. The molecule has 0 saturated carbocycles. The Labute approximate surface area is 400 Å². The zero-order chi connectivity index (χ0) is 45.7. The molecule has 0 bridgehead atoms. The highest BCUT2D eigenvalue weighted by molar-refractivity contribution is 6.72. The maximum absolute atomic E-state index is 2.48. The van der Waals surface area contributed by atoms with E-state index < -0.39 is 8.80 Å². The molecule has 12 aromatic rings. The fraction of sp³-hybridized carbons (Fsp3) is 0.0462. The van der Waals surface area contributed by atoms with Crippen LogP contribution in [0.1, 0.15) is 5.56 Å². The van der Waals surface area contributed by atoms with E-state index in [1.54, 1.807) is 0 Å². The molecule has 2 nitrogen and oxygen atoms in total. The molecule has 1 aromatic heterocycles. The number of hydrogen-bond acceptors (Lipinski definition) is 1. The van der Waals surface area contributed by atoms with E-state index in [4.69, 9.17) is 0 Å². The third-order valence-corrected chi connectivity index (χ3v) is 15.6. The Hall–Kier alpha value is -8.24. The number of fused-ring (bicyclic) bond motifs is 5. The predicted molar refractivity (Wildman–Crippen MR) is 295 cm³/mol. The molecule has 324 valence electrons. The molecule has 0 N–H and O–H groups in total. The highest BCUT2D eigenvalue weighted by Gasteiger charge is 2.24. The van der Waals surface area contributed by atoms with Gasteiger partial charge in [0.15, 0.2) is 0 Å². The summed E-state index contributed by atoms with van der Waals surface area (Å²) in [5, 5.41) is 8.91. The zero-order valence-corrected chi connectivity index (χ0v) is 39.7. The zero-order valence-electron chi connectivity index (χ0n) is 38.6. The lowest BCUT2D eigenvalue weighted by Crippen LogP contribution is -2.25. The fourth-order valence-corrected chi connectivity index (χ4v) is 11.7. The molecule has 0 fully saturated rings. The van der Waals surface area contributed by atoms with Gasteiger partial charge >= 0.3 is 0 Å². The molecular weight excluding hydrogens is 837 g/mol. The summed E-state index contributed by atoms with van der Waals surface area (Å²) in [4.78, 5) is 2.48. The van der Waals surface area contributed by atoms with Crippen LogP contribution in [-0.4, -0.2) is 13.4 Å². The molecule has 0 unspecified atom stereocenters. The second kappa shape index (κ2) is 17.2. The predicted octanol–water partition coefficient (Wildman–Crippen LogP) is 17.2. The van der Waals surface area contributed by atoms with Crippen molar-refractivity contribution in [2.45, 2.75) is 20.0 Å². The minimum atomic E-state index is -1.21. The lowest BCUT2D eigenvalue weighted by atomic mass is 9.93. The number of rotatable bonds is 9. The molecule has 0 aliphatic rings. The molecule has 11 aromatic carbocycles. The first-order valence-corrected chi connectivity index (χ1v) is 26.7. The van der Waals surface area contributed by atoms with Crippen molar-refractivity contribution in [2.24, 2.45) is 0 Å². The highest BCUT2D eigenvalue weighted by Crippen LogP contribution is 2.47. The van der Waals surface area contributed by atoms with Crippen LogP contribution in [0.5, 0.6) is 0 Å². The van der Waals surface area contributed by atoms with E-state index in [0.29, 0.717) is 0 Å². The van der Waals surface area contributed by atoms with Crippen molar-refractivity contribution in [2.75, 3.05) is 4.90 Å². The number of anilines is 3. The van der Waals surface area contributed by atoms with Crippen LogP contribution in [0.15, 0.2) is 243 Å². The van der Waals surface area contributed by atoms with E-state index in [9.17, 15) is 0 Å². The molecule has 0 atom stereocenters. The summed E-state index contributed by atoms with van der Waals surface area (Å²) in [5.74, 6) is 0. The van der Waals surface area contributed by atoms with Gasteiger partial charge in [-0.25, -0.2) is 0 Å². The molecule has 3 heteroatoms. The quantitative estimate of drug-likeness (QED) is 0.131. The molecule has 1 heterocycles. The molecular formula is C65H50N2Si. The van der Waals surface area contributed by atoms with Crippen LogP contribution >= 0.6 is 0 Å². The Kier molecular flexibility index (Phi) is 10.4. The lowest BCUT2D eigenvalue weighted by molar-refractivity contribution is 1.18. The van der Waals surface area contributed by atoms with E-state index in [1.165, 1.54) is 93.1 Å². The standard InChI is InChI=1S/C65H50N2Si/c1-44-15-7-12-22-57(44)61-41-53(33-38-65(61)68(2)3)59-42-60-58-23-13-14-24-62(58)67(54-20-5-4-6-21-54)64(60)43-63(59)66(55-34-29-47(30-35-55)51-27-25-45-16-8-10-18-49(45)39-51)56-36-31-48(32-37-56)52-28-26-46-17-9-11-19-50(46)40-52/h4-43,68H,1-3H3. The van der Waals surface area contributed by atoms with Crippen molar-refractivity contribution in [1.29, 1.82) is 0 Å². The molecule has 0 saturated heterocycles. The number of hydrogen-bond donors (Lipinski definition) is 0. The van der Waals surface area contributed by atoms with Gasteiger partial charge in [0.2, 0.25) is 0 Å². The van der Waals surface area contributed by atoms with Crippen LogP contribution in [0.25, 0.3) is 93.5 Å². The van der Waals surface area contributed by atoms with E-state index in [0.717, 1.165) is 28.3 Å². The largest absolute Gasteiger partial charge is 0.310 e. The summed E-state index contributed by atoms with van der Waals surface area (Å²) >= 11 is 0. The summed E-state index contributed by atoms with van der Waals surface area (Å²) in [7, 11) is -1.21. The summed E-state index contributed by atoms with van der Waals surface area (Å²) in [5.41, 5.74) is 17.8. The van der Waals surface area contributed by atoms with Crippen molar-refractivity contribution >= 4 is 74.4 Å². The Bertz CT molecular complexity index is 3700. The van der Waals surface area contributed by atoms with E-state index in [1.807, 2.05) is 0 Å². The van der Waals surface area contributed by atoms with Gasteiger partial charge < -0.3 is 9.47 Å². The molecule has 0 amide bonds. The van der Waals surface area contributed by atoms with E-state index >= 15 is 0 Å². The maximum Gasteiger partial charge on any atom is 0.0655 e. The van der Waals surface area contributed by atoms with Crippen molar-refractivity contribution < 1.29 is 0 Å². The average Bonchev–Trinajstić information content (AvgIpc) is 3.72. The van der Waals surface area contributed by atoms with Crippen LogP contribution < -0.4 is 10.1 Å². The minimum Gasteiger partial charge on any atom is -0.310 e. The normalized spacial score (nSPS) is 11.6. The molecule has 0 radical (unpaired) electrons. The number of benzene rings is 11. The van der Waals surface area contributed by atoms with Gasteiger partial charge in [0.05, 0.1) is 25.5 Å². The van der Waals surface area contributed by atoms with Crippen molar-refractivity contribution in [3.05, 3.63) is 248 Å². The summed E-state index contributed by atoms with van der Waals surface area (Å²) in [6, 6.07) is 89.9. The minimum absolute atomic E-state index is 1.08. The number of aryl methyl sites for hydroxylation is 1. The van der Waals surface area contributed by atoms with Gasteiger partial charge in [-0.3, -0.25) is 0 Å². The van der Waals surface area contributed by atoms with Gasteiger partial charge in [-0.05, 0) is 146 Å². The second-order valence-corrected chi connectivity index (χ2v) is 21.3. The Morgan fingerprint density at radius 3 is 1.50 bits per heavy atom. The first kappa shape index (κ1) is 41.2. The van der Waals surface area contributed by atoms with Crippen LogP contribution in [0, 0.1) is 6.92 Å². The number of nitrogens with zero attached hydrogens (tertiary/aromatic N) is 2. The van der Waals surface area contributed by atoms with Crippen LogP contribution in [0.4, 0.5) is 17.1 Å². The van der Waals surface area contributed by atoms with E-state index in [2.05, 4.69) is 272 Å². The first-order chi connectivity index (χ1) is 33.4. The summed E-state index contributed by atoms with van der Waals surface area (Å²) in [6.45, 7) is 7.13. The Morgan fingerprint density at radius 1 is 0.353 bits per heavy atom. The molecule has 12 rings (SSSR count). The van der Waals surface area contributed by atoms with Gasteiger partial charge in [0, 0.05) is 33.4 Å². The van der Waals surface area contributed by atoms with Crippen molar-refractivity contribution in [3.8, 4) is 50.2 Å². The van der Waals surface area contributed by atoms with E-state index in [-0.39, 0.29) is 0 Å². The van der Waals surface area contributed by atoms with Crippen LogP contribution in [0.3, 0.4) is 0 Å². The average molecular weight is 887 g/mol. The SMILES string of the molecule is Cc1ccccc1-c1cc(-c2cc3c4ccccc4n(-c4ccccc4)c3cc2N(c2ccc(-c3ccc4ccccc4c3)cc2)c2ccc(-c3ccc4ccccc4c3)cc2)ccc1[SiH](C)C. The molecule has 0 aliphatic carbocycles. The van der Waals surface area contributed by atoms with Gasteiger partial charge in [0.25, 0.3) is 0 Å². The highest BCUT2D eigenvalue weighted by atomic mass is 28.3. The third-order valence-electron chi connectivity index (χ3n) is 13.9. The Balaban J connectivity index is 1.12. The molecule has 0 aliphatic heterocycles. The van der Waals surface area contributed by atoms with Gasteiger partial charge in [-0.1, -0.05) is 188 Å². The van der Waals surface area contributed by atoms with Crippen LogP contribution in [0.2, 0.25) is 13.1 Å². The third kappa shape index (κ3) is 7.38. The summed E-state index contributed by atoms with van der Waals surface area (Å²) in [6.07, 6.45) is 0. The number of para-hydroxylation sites is 2. The van der Waals surface area contributed by atoms with Crippen molar-refractivity contribution in [1.82, 2.24) is 4.57 Å². The van der Waals surface area contributed by atoms with Crippen molar-refractivity contribution in [3.63, 3.8) is 0 Å². The lowest BCUT2D eigenvalue weighted by Gasteiger charge is -2.29. The van der Waals surface area contributed by atoms with Gasteiger partial charge in [-0.2, -0.15) is 0 Å². The molecule has 68 heavy (non-hydrogen) atoms. The molecule has 0 spiro atoms. The second-order valence-electron chi connectivity index (χ2n) is 18.4. The van der Waals surface area contributed by atoms with Gasteiger partial charge in [-0.15, -0.1) is 0 Å². The maximum atomic E-state index is 2.48. The fourth-order valence-electron chi connectivity index (χ4n) is 10.4. The number of aromatic nitrogens is 1. The van der Waals surface area contributed by atoms with Crippen LogP contribution in [-0.2, 0) is 0 Å². The smallest absolute Gasteiger partial charge is 0.0655 e. The summed E-state index contributed by atoms with van der Waals surface area (Å²) < 4.78 is 2.44. The first-order valence-electron chi connectivity index (χ1n) is 23.8. The topological polar surface area (TPSA) is 8.17 Å². The Morgan fingerprint density at radius 2 is 0.882 bits per heavy atom.